The summed E-state index contributed by atoms with van der Waals surface area (Å²) in [6.45, 7) is 0. The van der Waals surface area contributed by atoms with Crippen LogP contribution in [0.3, 0.4) is 0 Å². The molecule has 0 aliphatic heterocycles. The summed E-state index contributed by atoms with van der Waals surface area (Å²) in [4.78, 5) is 0. The largest absolute Gasteiger partial charge is 0.361 e. The predicted molar refractivity (Wildman–Crippen MR) is 62.7 cm³/mol. The summed E-state index contributed by atoms with van der Waals surface area (Å²) in [5.41, 5.74) is 1.71. The quantitative estimate of drug-likeness (QED) is 0.697. The molecule has 2 rings (SSSR count). The van der Waals surface area contributed by atoms with E-state index >= 15 is 0 Å². The van der Waals surface area contributed by atoms with Gasteiger partial charge in [0.15, 0.2) is 0 Å². The zero-order chi connectivity index (χ0) is 10.7. The van der Waals surface area contributed by atoms with Crippen molar-refractivity contribution < 1.29 is 0 Å². The second kappa shape index (κ2) is 4.14. The Morgan fingerprint density at radius 2 is 2.33 bits per heavy atom. The van der Waals surface area contributed by atoms with E-state index < -0.39 is 0 Å². The summed E-state index contributed by atoms with van der Waals surface area (Å²) in [5, 5.41) is 18.2. The van der Waals surface area contributed by atoms with E-state index in [4.69, 9.17) is 17.0 Å². The maximum absolute atomic E-state index is 6.84. The highest BCUT2D eigenvalue weighted by Gasteiger charge is 2.04. The van der Waals surface area contributed by atoms with Crippen molar-refractivity contribution in [1.29, 1.82) is 5.41 Å². The number of hydrogen-bond donors (Lipinski definition) is 3. The number of aromatic amines is 1. The van der Waals surface area contributed by atoms with Gasteiger partial charge in [0, 0.05) is 23.5 Å². The molecule has 1 aromatic carbocycles. The lowest BCUT2D eigenvalue weighted by Crippen LogP contribution is -1.88. The Balaban J connectivity index is 2.43. The number of halogens is 1. The van der Waals surface area contributed by atoms with Gasteiger partial charge in [0.1, 0.15) is 0 Å². The molecule has 0 atom stereocenters. The second-order valence-electron chi connectivity index (χ2n) is 2.92. The van der Waals surface area contributed by atoms with Crippen LogP contribution in [0.5, 0.6) is 0 Å². The lowest BCUT2D eigenvalue weighted by Gasteiger charge is -2.02. The maximum Gasteiger partial charge on any atom is 0.0857 e. The van der Waals surface area contributed by atoms with E-state index in [0.29, 0.717) is 5.02 Å². The number of nitrogens with one attached hydrogen (secondary N) is 3. The van der Waals surface area contributed by atoms with Crippen molar-refractivity contribution in [2.24, 2.45) is 0 Å². The average molecular weight is 221 g/mol. The van der Waals surface area contributed by atoms with Crippen molar-refractivity contribution in [1.82, 2.24) is 10.2 Å². The molecule has 0 bridgehead atoms. The molecule has 0 unspecified atom stereocenters. The molecule has 3 N–H and O–H groups in total. The van der Waals surface area contributed by atoms with Crippen LogP contribution in [0.15, 0.2) is 30.6 Å². The monoisotopic (exact) mass is 220 g/mol. The molecule has 5 heteroatoms. The number of nitrogens with zero attached hydrogens (tertiary/aromatic N) is 1. The average Bonchev–Trinajstić information content (AvgIpc) is 2.71. The Bertz CT molecular complexity index is 515. The van der Waals surface area contributed by atoms with Crippen LogP contribution in [0, 0.1) is 5.41 Å². The first kappa shape index (κ1) is 9.73. The summed E-state index contributed by atoms with van der Waals surface area (Å²) in [6, 6.07) is 3.66. The van der Waals surface area contributed by atoms with Gasteiger partial charge in [-0.1, -0.05) is 11.6 Å². The molecule has 0 fully saturated rings. The summed E-state index contributed by atoms with van der Waals surface area (Å²) in [7, 11) is 0. The summed E-state index contributed by atoms with van der Waals surface area (Å²) < 4.78 is 0. The number of H-pyrrole nitrogens is 1. The van der Waals surface area contributed by atoms with Crippen molar-refractivity contribution >= 4 is 34.4 Å². The van der Waals surface area contributed by atoms with Gasteiger partial charge in [0.2, 0.25) is 0 Å². The Kier molecular flexibility index (Phi) is 2.69. The molecule has 4 nitrogen and oxygen atoms in total. The number of rotatable bonds is 3. The van der Waals surface area contributed by atoms with Crippen LogP contribution in [-0.2, 0) is 0 Å². The highest BCUT2D eigenvalue weighted by atomic mass is 35.5. The third kappa shape index (κ3) is 1.85. The molecule has 1 heterocycles. The van der Waals surface area contributed by atoms with Crippen LogP contribution >= 0.6 is 11.6 Å². The van der Waals surface area contributed by atoms with E-state index in [-0.39, 0.29) is 0 Å². The number of anilines is 1. The van der Waals surface area contributed by atoms with Crippen molar-refractivity contribution in [3.05, 3.63) is 35.6 Å². The molecule has 0 radical (unpaired) electrons. The van der Waals surface area contributed by atoms with E-state index in [2.05, 4.69) is 15.5 Å². The molecule has 1 aromatic heterocycles. The lowest BCUT2D eigenvalue weighted by molar-refractivity contribution is 1.12. The first-order valence-electron chi connectivity index (χ1n) is 4.36. The zero-order valence-electron chi connectivity index (χ0n) is 7.79. The van der Waals surface area contributed by atoms with Crippen LogP contribution in [0.4, 0.5) is 5.69 Å². The second-order valence-corrected chi connectivity index (χ2v) is 3.33. The van der Waals surface area contributed by atoms with Gasteiger partial charge in [-0.2, -0.15) is 5.10 Å². The zero-order valence-corrected chi connectivity index (χ0v) is 8.55. The van der Waals surface area contributed by atoms with Crippen LogP contribution in [0.25, 0.3) is 10.9 Å². The van der Waals surface area contributed by atoms with Gasteiger partial charge >= 0.3 is 0 Å². The normalized spacial score (nSPS) is 11.0. The predicted octanol–water partition coefficient (Wildman–Crippen LogP) is 2.79. The SMILES string of the molecule is N=C/C=C\Nc1ccc(Cl)c2[nH]ncc12. The molecule has 15 heavy (non-hydrogen) atoms. The number of allylic oxidation sites excluding steroid dienone is 1. The Labute approximate surface area is 91.5 Å². The minimum Gasteiger partial charge on any atom is -0.361 e. The summed E-state index contributed by atoms with van der Waals surface area (Å²) in [5.74, 6) is 0. The molecule has 0 saturated heterocycles. The van der Waals surface area contributed by atoms with Crippen molar-refractivity contribution in [3.8, 4) is 0 Å². The third-order valence-electron chi connectivity index (χ3n) is 2.00. The van der Waals surface area contributed by atoms with Gasteiger partial charge in [-0.3, -0.25) is 5.10 Å². The number of fused-ring (bicyclic) bond motifs is 1. The van der Waals surface area contributed by atoms with Gasteiger partial charge in [0.05, 0.1) is 16.7 Å². The molecular weight excluding hydrogens is 212 g/mol. The molecule has 76 valence electrons. The highest BCUT2D eigenvalue weighted by Crippen LogP contribution is 2.27. The van der Waals surface area contributed by atoms with Crippen molar-refractivity contribution in [2.45, 2.75) is 0 Å². The van der Waals surface area contributed by atoms with E-state index in [1.807, 2.05) is 6.07 Å². The first-order chi connectivity index (χ1) is 7.33. The molecule has 0 spiro atoms. The summed E-state index contributed by atoms with van der Waals surface area (Å²) in [6.07, 6.45) is 6.19. The molecule has 0 amide bonds. The number of benzene rings is 1. The van der Waals surface area contributed by atoms with Gasteiger partial charge < -0.3 is 10.7 Å². The van der Waals surface area contributed by atoms with Gasteiger partial charge in [0.25, 0.3) is 0 Å². The van der Waals surface area contributed by atoms with Crippen LogP contribution < -0.4 is 5.32 Å². The number of hydrogen-bond acceptors (Lipinski definition) is 3. The fraction of sp³-hybridized carbons (Fsp3) is 0. The lowest BCUT2D eigenvalue weighted by atomic mass is 10.2. The van der Waals surface area contributed by atoms with Gasteiger partial charge in [-0.15, -0.1) is 0 Å². The Morgan fingerprint density at radius 3 is 3.13 bits per heavy atom. The standard InChI is InChI=1S/C10H9ClN4/c11-8-2-3-9(13-5-1-4-12)7-6-14-15-10(7)8/h1-6,12-13H,(H,14,15)/b5-1-,12-4?. The first-order valence-corrected chi connectivity index (χ1v) is 4.74. The van der Waals surface area contributed by atoms with Crippen LogP contribution in [0.2, 0.25) is 5.02 Å². The Morgan fingerprint density at radius 1 is 1.47 bits per heavy atom. The van der Waals surface area contributed by atoms with E-state index in [1.165, 1.54) is 6.21 Å². The fourth-order valence-corrected chi connectivity index (χ4v) is 1.52. The summed E-state index contributed by atoms with van der Waals surface area (Å²) >= 11 is 5.98. The maximum atomic E-state index is 6.84. The molecule has 0 aliphatic carbocycles. The topological polar surface area (TPSA) is 64.6 Å². The minimum absolute atomic E-state index is 0.643. The van der Waals surface area contributed by atoms with Gasteiger partial charge in [-0.05, 0) is 18.2 Å². The van der Waals surface area contributed by atoms with Gasteiger partial charge in [-0.25, -0.2) is 0 Å². The highest BCUT2D eigenvalue weighted by molar-refractivity contribution is 6.35. The molecular formula is C10H9ClN4. The number of aromatic nitrogens is 2. The van der Waals surface area contributed by atoms with Crippen LogP contribution in [0.1, 0.15) is 0 Å². The molecule has 2 aromatic rings. The third-order valence-corrected chi connectivity index (χ3v) is 2.31. The molecule has 0 saturated carbocycles. The van der Waals surface area contributed by atoms with Crippen LogP contribution in [-0.4, -0.2) is 16.4 Å². The fourth-order valence-electron chi connectivity index (χ4n) is 1.31. The van der Waals surface area contributed by atoms with E-state index in [0.717, 1.165) is 16.6 Å². The van der Waals surface area contributed by atoms with E-state index in [1.54, 1.807) is 24.5 Å². The molecule has 0 aliphatic rings. The minimum atomic E-state index is 0.643. The van der Waals surface area contributed by atoms with E-state index in [9.17, 15) is 0 Å². The Hall–Kier alpha value is -1.81. The smallest absolute Gasteiger partial charge is 0.0857 e. The van der Waals surface area contributed by atoms with Crippen molar-refractivity contribution in [2.75, 3.05) is 5.32 Å². The van der Waals surface area contributed by atoms with Crippen molar-refractivity contribution in [3.63, 3.8) is 0 Å².